The van der Waals surface area contributed by atoms with Crippen LogP contribution in [-0.2, 0) is 5.54 Å². The van der Waals surface area contributed by atoms with Crippen LogP contribution in [0.2, 0.25) is 0 Å². The van der Waals surface area contributed by atoms with Crippen molar-refractivity contribution in [1.29, 1.82) is 0 Å². The molecule has 0 spiro atoms. The van der Waals surface area contributed by atoms with Crippen molar-refractivity contribution < 1.29 is 0 Å². The van der Waals surface area contributed by atoms with E-state index >= 15 is 0 Å². The molecular weight excluding hydrogens is 266 g/mol. The molecule has 2 N–H and O–H groups in total. The summed E-state index contributed by atoms with van der Waals surface area (Å²) in [4.78, 5) is 0. The van der Waals surface area contributed by atoms with E-state index in [2.05, 4.69) is 67.6 Å². The summed E-state index contributed by atoms with van der Waals surface area (Å²) in [5.74, 6) is 0. The van der Waals surface area contributed by atoms with Crippen molar-refractivity contribution in [2.45, 2.75) is 18.9 Å². The fourth-order valence-electron chi connectivity index (χ4n) is 2.92. The van der Waals surface area contributed by atoms with Crippen LogP contribution in [0, 0.1) is 0 Å². The second-order valence-corrected chi connectivity index (χ2v) is 5.64. The maximum atomic E-state index is 6.79. The van der Waals surface area contributed by atoms with Gasteiger partial charge < -0.3 is 5.73 Å². The first-order valence-electron chi connectivity index (χ1n) is 7.74. The fraction of sp³-hybridized carbons (Fsp3) is 0.143. The van der Waals surface area contributed by atoms with Gasteiger partial charge in [0.05, 0.1) is 5.54 Å². The molecule has 0 aliphatic heterocycles. The SMILES string of the molecule is CCC(N)(c1ccccc1)c1cccc(-c2ccccc2)c1. The molecule has 1 heteroatoms. The van der Waals surface area contributed by atoms with Gasteiger partial charge in [-0.2, -0.15) is 0 Å². The molecule has 0 aliphatic carbocycles. The Labute approximate surface area is 132 Å². The van der Waals surface area contributed by atoms with Crippen LogP contribution in [0.3, 0.4) is 0 Å². The molecule has 0 saturated carbocycles. The summed E-state index contributed by atoms with van der Waals surface area (Å²) >= 11 is 0. The zero-order valence-electron chi connectivity index (χ0n) is 12.9. The van der Waals surface area contributed by atoms with Gasteiger partial charge in [-0.25, -0.2) is 0 Å². The zero-order chi connectivity index (χ0) is 15.4. The zero-order valence-corrected chi connectivity index (χ0v) is 12.9. The van der Waals surface area contributed by atoms with Gasteiger partial charge in [-0.15, -0.1) is 0 Å². The largest absolute Gasteiger partial charge is 0.318 e. The quantitative estimate of drug-likeness (QED) is 0.720. The van der Waals surface area contributed by atoms with E-state index in [0.29, 0.717) is 0 Å². The first-order chi connectivity index (χ1) is 10.7. The van der Waals surface area contributed by atoms with Crippen molar-refractivity contribution in [1.82, 2.24) is 0 Å². The van der Waals surface area contributed by atoms with Crippen molar-refractivity contribution in [2.75, 3.05) is 0 Å². The molecule has 1 unspecified atom stereocenters. The third-order valence-electron chi connectivity index (χ3n) is 4.33. The Bertz CT molecular complexity index is 734. The molecule has 0 saturated heterocycles. The van der Waals surface area contributed by atoms with Crippen LogP contribution in [0.25, 0.3) is 11.1 Å². The molecule has 1 nitrogen and oxygen atoms in total. The van der Waals surface area contributed by atoms with Crippen molar-refractivity contribution in [3.63, 3.8) is 0 Å². The lowest BCUT2D eigenvalue weighted by atomic mass is 9.81. The second-order valence-electron chi connectivity index (χ2n) is 5.64. The van der Waals surface area contributed by atoms with E-state index in [-0.39, 0.29) is 0 Å². The van der Waals surface area contributed by atoms with Crippen molar-refractivity contribution in [2.24, 2.45) is 5.73 Å². The molecule has 22 heavy (non-hydrogen) atoms. The highest BCUT2D eigenvalue weighted by atomic mass is 14.7. The maximum Gasteiger partial charge on any atom is 0.0663 e. The number of hydrogen-bond acceptors (Lipinski definition) is 1. The van der Waals surface area contributed by atoms with E-state index in [1.807, 2.05) is 24.3 Å². The van der Waals surface area contributed by atoms with E-state index in [4.69, 9.17) is 5.73 Å². The lowest BCUT2D eigenvalue weighted by Crippen LogP contribution is -2.37. The summed E-state index contributed by atoms with van der Waals surface area (Å²) in [6.45, 7) is 2.14. The molecule has 3 aromatic carbocycles. The van der Waals surface area contributed by atoms with Gasteiger partial charge in [0.1, 0.15) is 0 Å². The highest BCUT2D eigenvalue weighted by Gasteiger charge is 2.27. The van der Waals surface area contributed by atoms with Crippen molar-refractivity contribution >= 4 is 0 Å². The van der Waals surface area contributed by atoms with Crippen LogP contribution in [0.5, 0.6) is 0 Å². The van der Waals surface area contributed by atoms with Crippen LogP contribution in [0.4, 0.5) is 0 Å². The van der Waals surface area contributed by atoms with Crippen LogP contribution in [-0.4, -0.2) is 0 Å². The van der Waals surface area contributed by atoms with Gasteiger partial charge in [0, 0.05) is 0 Å². The molecule has 0 aliphatic rings. The topological polar surface area (TPSA) is 26.0 Å². The lowest BCUT2D eigenvalue weighted by molar-refractivity contribution is 0.519. The third kappa shape index (κ3) is 2.68. The molecule has 0 heterocycles. The van der Waals surface area contributed by atoms with E-state index in [1.54, 1.807) is 0 Å². The Kier molecular flexibility index (Phi) is 4.08. The molecular formula is C21H21N. The number of rotatable bonds is 4. The Morgan fingerprint density at radius 3 is 1.86 bits per heavy atom. The fourth-order valence-corrected chi connectivity index (χ4v) is 2.92. The Hall–Kier alpha value is -2.38. The van der Waals surface area contributed by atoms with Gasteiger partial charge in [0.25, 0.3) is 0 Å². The number of benzene rings is 3. The minimum Gasteiger partial charge on any atom is -0.318 e. The summed E-state index contributed by atoms with van der Waals surface area (Å²) in [6, 6.07) is 29.3. The van der Waals surface area contributed by atoms with E-state index < -0.39 is 5.54 Å². The molecule has 1 atom stereocenters. The summed E-state index contributed by atoms with van der Waals surface area (Å²) in [7, 11) is 0. The van der Waals surface area contributed by atoms with Gasteiger partial charge in [-0.1, -0.05) is 85.8 Å². The van der Waals surface area contributed by atoms with Crippen molar-refractivity contribution in [3.8, 4) is 11.1 Å². The first-order valence-corrected chi connectivity index (χ1v) is 7.74. The Morgan fingerprint density at radius 2 is 1.23 bits per heavy atom. The average Bonchev–Trinajstić information content (AvgIpc) is 2.62. The van der Waals surface area contributed by atoms with Crippen LogP contribution < -0.4 is 5.73 Å². The minimum atomic E-state index is -0.452. The normalized spacial score (nSPS) is 13.5. The minimum absolute atomic E-state index is 0.452. The van der Waals surface area contributed by atoms with Gasteiger partial charge in [-0.3, -0.25) is 0 Å². The molecule has 3 aromatic rings. The smallest absolute Gasteiger partial charge is 0.0663 e. The third-order valence-corrected chi connectivity index (χ3v) is 4.33. The molecule has 3 rings (SSSR count). The van der Waals surface area contributed by atoms with Crippen LogP contribution >= 0.6 is 0 Å². The predicted molar refractivity (Wildman–Crippen MR) is 93.6 cm³/mol. The highest BCUT2D eigenvalue weighted by molar-refractivity contribution is 5.64. The summed E-state index contributed by atoms with van der Waals surface area (Å²) in [5.41, 5.74) is 11.1. The van der Waals surface area contributed by atoms with Gasteiger partial charge in [0.15, 0.2) is 0 Å². The first kappa shape index (κ1) is 14.6. The molecule has 0 radical (unpaired) electrons. The van der Waals surface area contributed by atoms with Crippen LogP contribution in [0.15, 0.2) is 84.9 Å². The number of nitrogens with two attached hydrogens (primary N) is 1. The molecule has 0 bridgehead atoms. The molecule has 0 fully saturated rings. The van der Waals surface area contributed by atoms with Gasteiger partial charge in [0.2, 0.25) is 0 Å². The Balaban J connectivity index is 2.08. The van der Waals surface area contributed by atoms with E-state index in [1.165, 1.54) is 11.1 Å². The molecule has 0 amide bonds. The molecule has 110 valence electrons. The van der Waals surface area contributed by atoms with E-state index in [0.717, 1.165) is 17.5 Å². The van der Waals surface area contributed by atoms with Gasteiger partial charge >= 0.3 is 0 Å². The maximum absolute atomic E-state index is 6.79. The lowest BCUT2D eigenvalue weighted by Gasteiger charge is -2.30. The molecule has 0 aromatic heterocycles. The standard InChI is InChI=1S/C21H21N/c1-2-21(22,19-13-7-4-8-14-19)20-15-9-12-18(16-20)17-10-5-3-6-11-17/h3-16H,2,22H2,1H3. The van der Waals surface area contributed by atoms with Crippen LogP contribution in [0.1, 0.15) is 24.5 Å². The summed E-state index contributed by atoms with van der Waals surface area (Å²) in [5, 5.41) is 0. The second kappa shape index (κ2) is 6.17. The Morgan fingerprint density at radius 1 is 0.682 bits per heavy atom. The highest BCUT2D eigenvalue weighted by Crippen LogP contribution is 2.32. The predicted octanol–water partition coefficient (Wildman–Crippen LogP) is 4.97. The number of hydrogen-bond donors (Lipinski definition) is 1. The average molecular weight is 287 g/mol. The van der Waals surface area contributed by atoms with Gasteiger partial charge in [-0.05, 0) is 34.7 Å². The van der Waals surface area contributed by atoms with E-state index in [9.17, 15) is 0 Å². The van der Waals surface area contributed by atoms with Crippen molar-refractivity contribution in [3.05, 3.63) is 96.1 Å². The summed E-state index contributed by atoms with van der Waals surface area (Å²) < 4.78 is 0. The monoisotopic (exact) mass is 287 g/mol. The summed E-state index contributed by atoms with van der Waals surface area (Å²) in [6.07, 6.45) is 0.856.